The van der Waals surface area contributed by atoms with Gasteiger partial charge < -0.3 is 5.32 Å². The van der Waals surface area contributed by atoms with Gasteiger partial charge in [0, 0.05) is 17.3 Å². The fourth-order valence-electron chi connectivity index (χ4n) is 2.81. The minimum Gasteiger partial charge on any atom is -0.366 e. The van der Waals surface area contributed by atoms with E-state index in [1.54, 1.807) is 6.33 Å². The number of hydrogen-bond donors (Lipinski definition) is 1. The van der Waals surface area contributed by atoms with E-state index in [1.165, 1.54) is 5.56 Å². The Morgan fingerprint density at radius 3 is 2.94 bits per heavy atom. The predicted octanol–water partition coefficient (Wildman–Crippen LogP) is 0.954. The summed E-state index contributed by atoms with van der Waals surface area (Å²) in [4.78, 5) is 8.55. The van der Waals surface area contributed by atoms with Crippen LogP contribution in [0.25, 0.3) is 0 Å². The van der Waals surface area contributed by atoms with Gasteiger partial charge in [-0.05, 0) is 32.1 Å². The summed E-state index contributed by atoms with van der Waals surface area (Å²) in [5.74, 6) is 1.40. The molecule has 1 aromatic heterocycles. The van der Waals surface area contributed by atoms with Crippen LogP contribution in [-0.2, 0) is 22.7 Å². The van der Waals surface area contributed by atoms with E-state index in [2.05, 4.69) is 15.3 Å². The first-order valence-electron chi connectivity index (χ1n) is 6.44. The van der Waals surface area contributed by atoms with Crippen molar-refractivity contribution in [3.05, 3.63) is 17.6 Å². The average Bonchev–Trinajstić information content (AvgIpc) is 2.77. The Morgan fingerprint density at radius 2 is 2.11 bits per heavy atom. The van der Waals surface area contributed by atoms with Gasteiger partial charge in [0.25, 0.3) is 0 Å². The average molecular weight is 267 g/mol. The molecule has 1 atom stereocenters. The van der Waals surface area contributed by atoms with Gasteiger partial charge in [-0.2, -0.15) is 0 Å². The minimum atomic E-state index is -2.87. The third-order valence-corrected chi connectivity index (χ3v) is 5.50. The van der Waals surface area contributed by atoms with Crippen molar-refractivity contribution >= 4 is 15.7 Å². The van der Waals surface area contributed by atoms with E-state index in [1.807, 2.05) is 0 Å². The molecule has 0 radical (unpaired) electrons. The lowest BCUT2D eigenvalue weighted by Gasteiger charge is -2.24. The second-order valence-electron chi connectivity index (χ2n) is 5.10. The maximum Gasteiger partial charge on any atom is 0.152 e. The Morgan fingerprint density at radius 1 is 1.22 bits per heavy atom. The molecule has 6 heteroatoms. The summed E-state index contributed by atoms with van der Waals surface area (Å²) >= 11 is 0. The van der Waals surface area contributed by atoms with Crippen molar-refractivity contribution in [2.24, 2.45) is 0 Å². The molecule has 0 aromatic carbocycles. The molecule has 0 bridgehead atoms. The maximum absolute atomic E-state index is 11.6. The van der Waals surface area contributed by atoms with E-state index in [9.17, 15) is 8.42 Å². The quantitative estimate of drug-likeness (QED) is 0.864. The molecule has 1 aliphatic carbocycles. The van der Waals surface area contributed by atoms with Crippen LogP contribution in [0.3, 0.4) is 0 Å². The van der Waals surface area contributed by atoms with Gasteiger partial charge in [-0.1, -0.05) is 0 Å². The molecule has 1 N–H and O–H groups in total. The zero-order valence-electron chi connectivity index (χ0n) is 10.2. The molecule has 0 saturated carbocycles. The number of hydrogen-bond acceptors (Lipinski definition) is 5. The summed E-state index contributed by atoms with van der Waals surface area (Å²) in [6.07, 6.45) is 6.34. The van der Waals surface area contributed by atoms with Crippen LogP contribution >= 0.6 is 0 Å². The fraction of sp³-hybridized carbons (Fsp3) is 0.667. The zero-order valence-corrected chi connectivity index (χ0v) is 11.0. The Kier molecular flexibility index (Phi) is 2.97. The molecule has 2 heterocycles. The Bertz CT molecular complexity index is 556. The highest BCUT2D eigenvalue weighted by Gasteiger charge is 2.26. The van der Waals surface area contributed by atoms with E-state index in [4.69, 9.17) is 0 Å². The predicted molar refractivity (Wildman–Crippen MR) is 69.4 cm³/mol. The number of anilines is 1. The SMILES string of the molecule is O=S1(=O)CCCC(Nc2ncnc3c2CCC3)C1. The lowest BCUT2D eigenvalue weighted by atomic mass is 10.1. The molecule has 98 valence electrons. The Balaban J connectivity index is 1.79. The molecular weight excluding hydrogens is 250 g/mol. The van der Waals surface area contributed by atoms with Gasteiger partial charge in [0.1, 0.15) is 12.1 Å². The third kappa shape index (κ3) is 2.34. The van der Waals surface area contributed by atoms with Crippen LogP contribution in [0.5, 0.6) is 0 Å². The van der Waals surface area contributed by atoms with Crippen molar-refractivity contribution in [1.29, 1.82) is 0 Å². The number of aromatic nitrogens is 2. The van der Waals surface area contributed by atoms with Gasteiger partial charge in [-0.3, -0.25) is 0 Å². The van der Waals surface area contributed by atoms with E-state index >= 15 is 0 Å². The van der Waals surface area contributed by atoms with Gasteiger partial charge in [0.15, 0.2) is 9.84 Å². The summed E-state index contributed by atoms with van der Waals surface area (Å²) in [7, 11) is -2.87. The number of rotatable bonds is 2. The summed E-state index contributed by atoms with van der Waals surface area (Å²) in [6.45, 7) is 0. The molecule has 1 saturated heterocycles. The van der Waals surface area contributed by atoms with Crippen LogP contribution in [0, 0.1) is 0 Å². The summed E-state index contributed by atoms with van der Waals surface area (Å²) < 4.78 is 23.2. The second kappa shape index (κ2) is 4.50. The van der Waals surface area contributed by atoms with Gasteiger partial charge in [-0.25, -0.2) is 18.4 Å². The van der Waals surface area contributed by atoms with Crippen LogP contribution in [0.15, 0.2) is 6.33 Å². The number of sulfone groups is 1. The molecule has 1 aliphatic heterocycles. The highest BCUT2D eigenvalue weighted by molar-refractivity contribution is 7.91. The highest BCUT2D eigenvalue weighted by Crippen LogP contribution is 2.26. The Labute approximate surface area is 107 Å². The van der Waals surface area contributed by atoms with Crippen molar-refractivity contribution < 1.29 is 8.42 Å². The number of fused-ring (bicyclic) bond motifs is 1. The fourth-order valence-corrected chi connectivity index (χ4v) is 4.45. The molecule has 1 unspecified atom stereocenters. The minimum absolute atomic E-state index is 0.00310. The normalized spacial score (nSPS) is 25.7. The molecular formula is C12H17N3O2S. The topological polar surface area (TPSA) is 72.0 Å². The van der Waals surface area contributed by atoms with E-state index in [0.717, 1.165) is 43.6 Å². The first kappa shape index (κ1) is 11.9. The van der Waals surface area contributed by atoms with Crippen LogP contribution in [0.2, 0.25) is 0 Å². The smallest absolute Gasteiger partial charge is 0.152 e. The summed E-state index contributed by atoms with van der Waals surface area (Å²) in [5.41, 5.74) is 2.30. The third-order valence-electron chi connectivity index (χ3n) is 3.68. The lowest BCUT2D eigenvalue weighted by molar-refractivity contribution is 0.561. The van der Waals surface area contributed by atoms with Crippen LogP contribution in [0.1, 0.15) is 30.5 Å². The largest absolute Gasteiger partial charge is 0.366 e. The van der Waals surface area contributed by atoms with Crippen molar-refractivity contribution in [2.45, 2.75) is 38.1 Å². The molecule has 3 rings (SSSR count). The van der Waals surface area contributed by atoms with Crippen molar-refractivity contribution in [2.75, 3.05) is 16.8 Å². The van der Waals surface area contributed by atoms with Crippen LogP contribution < -0.4 is 5.32 Å². The number of nitrogens with one attached hydrogen (secondary N) is 1. The van der Waals surface area contributed by atoms with Crippen LogP contribution in [-0.4, -0.2) is 35.9 Å². The standard InChI is InChI=1S/C12H17N3O2S/c16-18(17)6-2-3-9(7-18)15-12-10-4-1-5-11(10)13-8-14-12/h8-9H,1-7H2,(H,13,14,15). The maximum atomic E-state index is 11.6. The van der Waals surface area contributed by atoms with Gasteiger partial charge in [-0.15, -0.1) is 0 Å². The zero-order chi connectivity index (χ0) is 12.6. The van der Waals surface area contributed by atoms with Crippen molar-refractivity contribution in [1.82, 2.24) is 9.97 Å². The molecule has 0 amide bonds. The number of nitrogens with zero attached hydrogens (tertiary/aromatic N) is 2. The molecule has 5 nitrogen and oxygen atoms in total. The first-order chi connectivity index (χ1) is 8.64. The Hall–Kier alpha value is -1.17. The van der Waals surface area contributed by atoms with E-state index < -0.39 is 9.84 Å². The molecule has 0 spiro atoms. The second-order valence-corrected chi connectivity index (χ2v) is 7.33. The molecule has 1 fully saturated rings. The molecule has 2 aliphatic rings. The van der Waals surface area contributed by atoms with Gasteiger partial charge >= 0.3 is 0 Å². The monoisotopic (exact) mass is 267 g/mol. The number of aryl methyl sites for hydroxylation is 1. The van der Waals surface area contributed by atoms with Crippen molar-refractivity contribution in [3.8, 4) is 0 Å². The lowest BCUT2D eigenvalue weighted by Crippen LogP contribution is -2.35. The summed E-state index contributed by atoms with van der Waals surface area (Å²) in [5, 5.41) is 3.31. The van der Waals surface area contributed by atoms with E-state index in [-0.39, 0.29) is 11.8 Å². The van der Waals surface area contributed by atoms with Gasteiger partial charge in [0.05, 0.1) is 11.5 Å². The first-order valence-corrected chi connectivity index (χ1v) is 8.26. The van der Waals surface area contributed by atoms with Crippen LogP contribution in [0.4, 0.5) is 5.82 Å². The highest BCUT2D eigenvalue weighted by atomic mass is 32.2. The van der Waals surface area contributed by atoms with E-state index in [0.29, 0.717) is 5.75 Å². The summed E-state index contributed by atoms with van der Waals surface area (Å²) in [6, 6.07) is 0.00310. The van der Waals surface area contributed by atoms with Crippen molar-refractivity contribution in [3.63, 3.8) is 0 Å². The molecule has 1 aromatic rings. The molecule has 18 heavy (non-hydrogen) atoms. The van der Waals surface area contributed by atoms with Gasteiger partial charge in [0.2, 0.25) is 0 Å².